The average molecular weight is 209 g/mol. The van der Waals surface area contributed by atoms with E-state index in [1.807, 2.05) is 11.8 Å². The van der Waals surface area contributed by atoms with E-state index in [9.17, 15) is 4.79 Å². The molecule has 15 heavy (non-hydrogen) atoms. The normalized spacial score (nSPS) is 34.2. The Bertz CT molecular complexity index is 250. The number of piperidine rings is 1. The van der Waals surface area contributed by atoms with Gasteiger partial charge in [-0.2, -0.15) is 0 Å². The van der Waals surface area contributed by atoms with Gasteiger partial charge in [-0.25, -0.2) is 0 Å². The molecule has 2 unspecified atom stereocenters. The maximum Gasteiger partial charge on any atom is 0.246 e. The van der Waals surface area contributed by atoms with Gasteiger partial charge in [0.2, 0.25) is 5.91 Å². The highest BCUT2D eigenvalue weighted by Crippen LogP contribution is 2.36. The van der Waals surface area contributed by atoms with Gasteiger partial charge in [-0.05, 0) is 38.7 Å². The van der Waals surface area contributed by atoms with Gasteiger partial charge in [-0.1, -0.05) is 6.58 Å². The SMILES string of the molecule is C=CC(=O)N1C2CCC1CC(OCC)C2. The van der Waals surface area contributed by atoms with E-state index in [1.165, 1.54) is 6.08 Å². The minimum atomic E-state index is 0.0949. The lowest BCUT2D eigenvalue weighted by molar-refractivity contribution is -0.133. The highest BCUT2D eigenvalue weighted by atomic mass is 16.5. The van der Waals surface area contributed by atoms with Gasteiger partial charge >= 0.3 is 0 Å². The van der Waals surface area contributed by atoms with Crippen LogP contribution in [0.2, 0.25) is 0 Å². The summed E-state index contributed by atoms with van der Waals surface area (Å²) in [4.78, 5) is 13.7. The third kappa shape index (κ3) is 1.93. The molecule has 2 heterocycles. The van der Waals surface area contributed by atoms with Crippen molar-refractivity contribution in [2.75, 3.05) is 6.61 Å². The molecule has 0 aromatic carbocycles. The van der Waals surface area contributed by atoms with E-state index in [0.717, 1.165) is 32.3 Å². The Morgan fingerprint density at radius 2 is 2.07 bits per heavy atom. The van der Waals surface area contributed by atoms with E-state index in [4.69, 9.17) is 4.74 Å². The highest BCUT2D eigenvalue weighted by Gasteiger charge is 2.42. The van der Waals surface area contributed by atoms with Crippen LogP contribution in [-0.4, -0.2) is 35.6 Å². The van der Waals surface area contributed by atoms with Gasteiger partial charge in [0.15, 0.2) is 0 Å². The van der Waals surface area contributed by atoms with Crippen molar-refractivity contribution < 1.29 is 9.53 Å². The van der Waals surface area contributed by atoms with E-state index in [0.29, 0.717) is 18.2 Å². The first-order chi connectivity index (χ1) is 7.26. The van der Waals surface area contributed by atoms with Crippen molar-refractivity contribution in [2.24, 2.45) is 0 Å². The van der Waals surface area contributed by atoms with Gasteiger partial charge < -0.3 is 9.64 Å². The monoisotopic (exact) mass is 209 g/mol. The van der Waals surface area contributed by atoms with E-state index < -0.39 is 0 Å². The summed E-state index contributed by atoms with van der Waals surface area (Å²) < 4.78 is 5.66. The fraction of sp³-hybridized carbons (Fsp3) is 0.750. The lowest BCUT2D eigenvalue weighted by atomic mass is 9.99. The summed E-state index contributed by atoms with van der Waals surface area (Å²) in [5, 5.41) is 0. The van der Waals surface area contributed by atoms with Crippen LogP contribution in [0.15, 0.2) is 12.7 Å². The van der Waals surface area contributed by atoms with Crippen LogP contribution < -0.4 is 0 Å². The first-order valence-electron chi connectivity index (χ1n) is 5.82. The number of hydrogen-bond acceptors (Lipinski definition) is 2. The summed E-state index contributed by atoms with van der Waals surface area (Å²) in [6.07, 6.45) is 6.07. The van der Waals surface area contributed by atoms with Gasteiger partial charge in [-0.3, -0.25) is 4.79 Å². The van der Waals surface area contributed by atoms with E-state index in [1.54, 1.807) is 0 Å². The van der Waals surface area contributed by atoms with E-state index in [-0.39, 0.29) is 5.91 Å². The van der Waals surface area contributed by atoms with Crippen LogP contribution in [0.1, 0.15) is 32.6 Å². The molecule has 2 saturated heterocycles. The van der Waals surface area contributed by atoms with Crippen LogP contribution >= 0.6 is 0 Å². The smallest absolute Gasteiger partial charge is 0.246 e. The zero-order chi connectivity index (χ0) is 10.8. The van der Waals surface area contributed by atoms with Gasteiger partial charge in [0.1, 0.15) is 0 Å². The third-order valence-electron chi connectivity index (χ3n) is 3.52. The number of carbonyl (C=O) groups excluding carboxylic acids is 1. The topological polar surface area (TPSA) is 29.5 Å². The van der Waals surface area contributed by atoms with Crippen LogP contribution in [0.5, 0.6) is 0 Å². The fourth-order valence-electron chi connectivity index (χ4n) is 2.96. The Kier molecular flexibility index (Phi) is 3.10. The summed E-state index contributed by atoms with van der Waals surface area (Å²) >= 11 is 0. The second kappa shape index (κ2) is 4.35. The van der Waals surface area contributed by atoms with Crippen molar-refractivity contribution in [3.05, 3.63) is 12.7 Å². The summed E-state index contributed by atoms with van der Waals surface area (Å²) in [7, 11) is 0. The molecule has 2 aliphatic heterocycles. The molecule has 0 aromatic rings. The molecule has 0 radical (unpaired) electrons. The predicted molar refractivity (Wildman–Crippen MR) is 58.5 cm³/mol. The minimum absolute atomic E-state index is 0.0949. The Morgan fingerprint density at radius 3 is 2.53 bits per heavy atom. The first-order valence-corrected chi connectivity index (χ1v) is 5.82. The second-order valence-corrected chi connectivity index (χ2v) is 4.38. The molecule has 2 bridgehead atoms. The Morgan fingerprint density at radius 1 is 1.47 bits per heavy atom. The first kappa shape index (κ1) is 10.7. The summed E-state index contributed by atoms with van der Waals surface area (Å²) in [6.45, 7) is 6.37. The van der Waals surface area contributed by atoms with Crippen LogP contribution in [0.4, 0.5) is 0 Å². The van der Waals surface area contributed by atoms with Gasteiger partial charge in [0, 0.05) is 18.7 Å². The highest BCUT2D eigenvalue weighted by molar-refractivity contribution is 5.87. The largest absolute Gasteiger partial charge is 0.378 e. The van der Waals surface area contributed by atoms with Crippen LogP contribution in [-0.2, 0) is 9.53 Å². The second-order valence-electron chi connectivity index (χ2n) is 4.38. The standard InChI is InChI=1S/C12H19NO2/c1-3-12(14)13-9-5-6-10(13)8-11(7-9)15-4-2/h3,9-11H,1,4-8H2,2H3. The Balaban J connectivity index is 2.03. The number of rotatable bonds is 3. The average Bonchev–Trinajstić information content (AvgIpc) is 2.50. The number of hydrogen-bond donors (Lipinski definition) is 0. The van der Waals surface area contributed by atoms with Crippen LogP contribution in [0, 0.1) is 0 Å². The molecule has 0 aromatic heterocycles. The molecule has 0 saturated carbocycles. The van der Waals surface area contributed by atoms with Crippen LogP contribution in [0.25, 0.3) is 0 Å². The number of ether oxygens (including phenoxy) is 1. The molecule has 3 heteroatoms. The molecule has 1 amide bonds. The molecule has 0 N–H and O–H groups in total. The molecule has 2 fully saturated rings. The zero-order valence-corrected chi connectivity index (χ0v) is 9.32. The number of amides is 1. The summed E-state index contributed by atoms with van der Waals surface area (Å²) in [5.41, 5.74) is 0. The van der Waals surface area contributed by atoms with Gasteiger partial charge in [-0.15, -0.1) is 0 Å². The molecule has 2 atom stereocenters. The van der Waals surface area contributed by atoms with Crippen molar-refractivity contribution in [1.29, 1.82) is 0 Å². The molecule has 0 spiro atoms. The molecule has 84 valence electrons. The molecule has 2 rings (SSSR count). The maximum absolute atomic E-state index is 11.7. The number of nitrogens with zero attached hydrogens (tertiary/aromatic N) is 1. The van der Waals surface area contributed by atoms with Crippen molar-refractivity contribution in [1.82, 2.24) is 4.90 Å². The molecule has 2 aliphatic rings. The zero-order valence-electron chi connectivity index (χ0n) is 9.32. The van der Waals surface area contributed by atoms with Gasteiger partial charge in [0.05, 0.1) is 6.10 Å². The lowest BCUT2D eigenvalue weighted by Gasteiger charge is -2.38. The van der Waals surface area contributed by atoms with Crippen molar-refractivity contribution in [3.63, 3.8) is 0 Å². The van der Waals surface area contributed by atoms with Crippen LogP contribution in [0.3, 0.4) is 0 Å². The summed E-state index contributed by atoms with van der Waals surface area (Å²) in [6, 6.07) is 0.789. The fourth-order valence-corrected chi connectivity index (χ4v) is 2.96. The maximum atomic E-state index is 11.7. The van der Waals surface area contributed by atoms with Crippen molar-refractivity contribution in [3.8, 4) is 0 Å². The number of fused-ring (bicyclic) bond motifs is 2. The quantitative estimate of drug-likeness (QED) is 0.662. The predicted octanol–water partition coefficient (Wildman–Crippen LogP) is 1.73. The molecule has 3 nitrogen and oxygen atoms in total. The Labute approximate surface area is 91.1 Å². The number of carbonyl (C=O) groups is 1. The molecular weight excluding hydrogens is 190 g/mol. The Hall–Kier alpha value is -0.830. The molecule has 0 aliphatic carbocycles. The van der Waals surface area contributed by atoms with E-state index >= 15 is 0 Å². The van der Waals surface area contributed by atoms with E-state index in [2.05, 4.69) is 6.58 Å². The minimum Gasteiger partial charge on any atom is -0.378 e. The third-order valence-corrected chi connectivity index (χ3v) is 3.52. The van der Waals surface area contributed by atoms with Crippen molar-refractivity contribution in [2.45, 2.75) is 50.8 Å². The van der Waals surface area contributed by atoms with Crippen molar-refractivity contribution >= 4 is 5.91 Å². The summed E-state index contributed by atoms with van der Waals surface area (Å²) in [5.74, 6) is 0.0949. The van der Waals surface area contributed by atoms with Gasteiger partial charge in [0.25, 0.3) is 0 Å². The molecular formula is C12H19NO2. The lowest BCUT2D eigenvalue weighted by Crippen LogP contribution is -2.47.